The molecule has 1 aliphatic heterocycles. The van der Waals surface area contributed by atoms with Gasteiger partial charge in [0.1, 0.15) is 18.3 Å². The molecule has 1 saturated heterocycles. The molecule has 0 aromatic heterocycles. The Bertz CT molecular complexity index is 410. The maximum atomic E-state index is 10.3. The lowest BCUT2D eigenvalue weighted by Gasteiger charge is -2.43. The van der Waals surface area contributed by atoms with Crippen molar-refractivity contribution in [2.45, 2.75) is 50.7 Å². The average Bonchev–Trinajstić information content (AvgIpc) is 2.53. The van der Waals surface area contributed by atoms with E-state index >= 15 is 0 Å². The number of aliphatic hydroxyl groups is 1. The first-order valence-electron chi connectivity index (χ1n) is 7.25. The summed E-state index contributed by atoms with van der Waals surface area (Å²) in [6.45, 7) is 2.37. The molecule has 0 bridgehead atoms. The zero-order chi connectivity index (χ0) is 15.2. The highest BCUT2D eigenvalue weighted by molar-refractivity contribution is 5.13. The Labute approximate surface area is 125 Å². The summed E-state index contributed by atoms with van der Waals surface area (Å²) in [5, 5.41) is 10.3. The fourth-order valence-corrected chi connectivity index (χ4v) is 2.63. The summed E-state index contributed by atoms with van der Waals surface area (Å²) in [6, 6.07) is 9.84. The highest BCUT2D eigenvalue weighted by Gasteiger charge is 2.45. The first-order chi connectivity index (χ1) is 10.2. The third-order valence-corrected chi connectivity index (χ3v) is 3.81. The van der Waals surface area contributed by atoms with Crippen LogP contribution in [0.1, 0.15) is 18.9 Å². The molecular weight excluding hydrogens is 272 g/mol. The molecule has 1 aromatic rings. The summed E-state index contributed by atoms with van der Waals surface area (Å²) in [4.78, 5) is 0. The fraction of sp³-hybridized carbons (Fsp3) is 0.625. The van der Waals surface area contributed by atoms with Crippen LogP contribution in [-0.4, -0.2) is 50.0 Å². The summed E-state index contributed by atoms with van der Waals surface area (Å²) < 4.78 is 22.5. The lowest BCUT2D eigenvalue weighted by molar-refractivity contribution is -0.305. The van der Waals surface area contributed by atoms with E-state index in [0.717, 1.165) is 5.56 Å². The standard InChI is InChI=1S/C16H24O5/c1-4-12-13(17)14(18-2)15(16(19-3)21-12)20-10-11-8-6-5-7-9-11/h5-9,12-17H,4,10H2,1-3H3/t12?,13-,14-,15?,16+/m0/s1. The van der Waals surface area contributed by atoms with E-state index < -0.39 is 24.6 Å². The first-order valence-corrected chi connectivity index (χ1v) is 7.25. The molecule has 0 aliphatic carbocycles. The fourth-order valence-electron chi connectivity index (χ4n) is 2.63. The number of methoxy groups -OCH3 is 2. The van der Waals surface area contributed by atoms with Crippen LogP contribution in [0.2, 0.25) is 0 Å². The molecule has 0 radical (unpaired) electrons. The largest absolute Gasteiger partial charge is 0.388 e. The maximum Gasteiger partial charge on any atom is 0.186 e. The van der Waals surface area contributed by atoms with E-state index in [-0.39, 0.29) is 6.10 Å². The van der Waals surface area contributed by atoms with Crippen molar-refractivity contribution in [1.82, 2.24) is 0 Å². The molecule has 2 rings (SSSR count). The molecule has 5 atom stereocenters. The molecule has 2 unspecified atom stereocenters. The third kappa shape index (κ3) is 3.81. The quantitative estimate of drug-likeness (QED) is 0.866. The Morgan fingerprint density at radius 3 is 2.38 bits per heavy atom. The van der Waals surface area contributed by atoms with Gasteiger partial charge in [-0.2, -0.15) is 0 Å². The van der Waals surface area contributed by atoms with E-state index in [4.69, 9.17) is 18.9 Å². The smallest absolute Gasteiger partial charge is 0.186 e. The van der Waals surface area contributed by atoms with Gasteiger partial charge in [0, 0.05) is 14.2 Å². The molecule has 5 heteroatoms. The van der Waals surface area contributed by atoms with Gasteiger partial charge in [-0.15, -0.1) is 0 Å². The van der Waals surface area contributed by atoms with Gasteiger partial charge >= 0.3 is 0 Å². The van der Waals surface area contributed by atoms with Gasteiger partial charge in [0.2, 0.25) is 0 Å². The first kappa shape index (κ1) is 16.4. The molecule has 1 aromatic carbocycles. The van der Waals surface area contributed by atoms with Crippen LogP contribution in [0.4, 0.5) is 0 Å². The number of hydrogen-bond donors (Lipinski definition) is 1. The van der Waals surface area contributed by atoms with Crippen LogP contribution in [0.25, 0.3) is 0 Å². The van der Waals surface area contributed by atoms with Gasteiger partial charge in [0.05, 0.1) is 12.7 Å². The van der Waals surface area contributed by atoms with Gasteiger partial charge in [-0.1, -0.05) is 37.3 Å². The molecule has 0 saturated carbocycles. The van der Waals surface area contributed by atoms with Crippen molar-refractivity contribution in [3.05, 3.63) is 35.9 Å². The van der Waals surface area contributed by atoms with Gasteiger partial charge in [-0.25, -0.2) is 0 Å². The van der Waals surface area contributed by atoms with Gasteiger partial charge < -0.3 is 24.1 Å². The van der Waals surface area contributed by atoms with Crippen LogP contribution in [0, 0.1) is 0 Å². The molecule has 118 valence electrons. The van der Waals surface area contributed by atoms with E-state index in [1.807, 2.05) is 37.3 Å². The van der Waals surface area contributed by atoms with E-state index in [1.165, 1.54) is 0 Å². The number of benzene rings is 1. The molecule has 1 fully saturated rings. The van der Waals surface area contributed by atoms with Crippen LogP contribution >= 0.6 is 0 Å². The van der Waals surface area contributed by atoms with Crippen molar-refractivity contribution in [1.29, 1.82) is 0 Å². The summed E-state index contributed by atoms with van der Waals surface area (Å²) >= 11 is 0. The van der Waals surface area contributed by atoms with Crippen LogP contribution in [0.5, 0.6) is 0 Å². The Hall–Kier alpha value is -0.980. The van der Waals surface area contributed by atoms with Crippen molar-refractivity contribution < 1.29 is 24.1 Å². The van der Waals surface area contributed by atoms with E-state index in [2.05, 4.69) is 0 Å². The number of aliphatic hydroxyl groups excluding tert-OH is 1. The lowest BCUT2D eigenvalue weighted by Crippen LogP contribution is -2.59. The van der Waals surface area contributed by atoms with Crippen molar-refractivity contribution in [3.8, 4) is 0 Å². The highest BCUT2D eigenvalue weighted by atomic mass is 16.7. The van der Waals surface area contributed by atoms with Gasteiger partial charge in [0.25, 0.3) is 0 Å². The second-order valence-electron chi connectivity index (χ2n) is 5.14. The Morgan fingerprint density at radius 2 is 1.81 bits per heavy atom. The monoisotopic (exact) mass is 296 g/mol. The van der Waals surface area contributed by atoms with Gasteiger partial charge in [-0.3, -0.25) is 0 Å². The van der Waals surface area contributed by atoms with Crippen molar-refractivity contribution >= 4 is 0 Å². The highest BCUT2D eigenvalue weighted by Crippen LogP contribution is 2.28. The molecule has 1 aliphatic rings. The molecule has 21 heavy (non-hydrogen) atoms. The minimum absolute atomic E-state index is 0.309. The summed E-state index contributed by atoms with van der Waals surface area (Å²) in [5.41, 5.74) is 1.05. The number of rotatable bonds is 6. The molecule has 1 heterocycles. The maximum absolute atomic E-state index is 10.3. The minimum atomic E-state index is -0.729. The van der Waals surface area contributed by atoms with Crippen molar-refractivity contribution in [2.24, 2.45) is 0 Å². The zero-order valence-electron chi connectivity index (χ0n) is 12.8. The Kier molecular flexibility index (Phi) is 6.14. The van der Waals surface area contributed by atoms with Crippen molar-refractivity contribution in [2.75, 3.05) is 14.2 Å². The predicted molar refractivity (Wildman–Crippen MR) is 77.8 cm³/mol. The van der Waals surface area contributed by atoms with Crippen LogP contribution in [-0.2, 0) is 25.6 Å². The van der Waals surface area contributed by atoms with Crippen LogP contribution in [0.3, 0.4) is 0 Å². The third-order valence-electron chi connectivity index (χ3n) is 3.81. The van der Waals surface area contributed by atoms with Crippen LogP contribution in [0.15, 0.2) is 30.3 Å². The predicted octanol–water partition coefficient (Wildman–Crippen LogP) is 1.73. The van der Waals surface area contributed by atoms with Crippen molar-refractivity contribution in [3.63, 3.8) is 0 Å². The van der Waals surface area contributed by atoms with E-state index in [1.54, 1.807) is 14.2 Å². The Morgan fingerprint density at radius 1 is 1.10 bits per heavy atom. The molecule has 5 nitrogen and oxygen atoms in total. The molecule has 0 spiro atoms. The minimum Gasteiger partial charge on any atom is -0.388 e. The second-order valence-corrected chi connectivity index (χ2v) is 5.14. The number of hydrogen-bond acceptors (Lipinski definition) is 5. The normalized spacial score (nSPS) is 33.0. The lowest BCUT2D eigenvalue weighted by atomic mass is 9.97. The molecule has 1 N–H and O–H groups in total. The Balaban J connectivity index is 2.06. The van der Waals surface area contributed by atoms with Gasteiger partial charge in [0.15, 0.2) is 6.29 Å². The average molecular weight is 296 g/mol. The van der Waals surface area contributed by atoms with Gasteiger partial charge in [-0.05, 0) is 12.0 Å². The van der Waals surface area contributed by atoms with E-state index in [9.17, 15) is 5.11 Å². The summed E-state index contributed by atoms with van der Waals surface area (Å²) in [6.07, 6.45) is -1.85. The van der Waals surface area contributed by atoms with E-state index in [0.29, 0.717) is 13.0 Å². The molecular formula is C16H24O5. The summed E-state index contributed by atoms with van der Waals surface area (Å²) in [5.74, 6) is 0. The topological polar surface area (TPSA) is 57.2 Å². The molecule has 0 amide bonds. The van der Waals surface area contributed by atoms with Crippen LogP contribution < -0.4 is 0 Å². The number of ether oxygens (including phenoxy) is 4. The zero-order valence-corrected chi connectivity index (χ0v) is 12.8. The summed E-state index contributed by atoms with van der Waals surface area (Å²) in [7, 11) is 3.14. The SMILES string of the molecule is CCC1O[C@@H](OC)C(OCc2ccccc2)[C@@H](OC)[C@H]1O. The second kappa shape index (κ2) is 7.87.